The standard InChI is InChI=1S/C20H24N4O3S/c1-12-13(2)23-24-20(12)22-16-4-7-21-17-11-18(26-3)19(10-15(16)17)28(25)14-5-8-27-9-6-14/h4,7,10-11,14H,5-6,8-9H2,1-3H3,(H2,21,22,23,24). The van der Waals surface area contributed by atoms with E-state index >= 15 is 0 Å². The monoisotopic (exact) mass is 400 g/mol. The quantitative estimate of drug-likeness (QED) is 0.680. The van der Waals surface area contributed by atoms with Crippen LogP contribution in [0.25, 0.3) is 10.9 Å². The van der Waals surface area contributed by atoms with Crippen LogP contribution in [-0.2, 0) is 15.5 Å². The molecule has 0 spiro atoms. The Morgan fingerprint density at radius 2 is 2.07 bits per heavy atom. The number of anilines is 2. The van der Waals surface area contributed by atoms with Gasteiger partial charge in [0.15, 0.2) is 5.82 Å². The number of rotatable bonds is 5. The van der Waals surface area contributed by atoms with E-state index in [4.69, 9.17) is 9.47 Å². The van der Waals surface area contributed by atoms with Crippen molar-refractivity contribution >= 4 is 33.2 Å². The van der Waals surface area contributed by atoms with Crippen LogP contribution >= 0.6 is 0 Å². The third-order valence-corrected chi connectivity index (χ3v) is 7.05. The van der Waals surface area contributed by atoms with Crippen molar-refractivity contribution in [1.29, 1.82) is 0 Å². The number of H-pyrrole nitrogens is 1. The van der Waals surface area contributed by atoms with Crippen molar-refractivity contribution in [3.8, 4) is 5.75 Å². The largest absolute Gasteiger partial charge is 0.495 e. The average Bonchev–Trinajstić information content (AvgIpc) is 3.05. The fourth-order valence-corrected chi connectivity index (χ4v) is 4.94. The highest BCUT2D eigenvalue weighted by atomic mass is 32.2. The molecule has 4 rings (SSSR count). The third-order valence-electron chi connectivity index (χ3n) is 5.22. The molecule has 0 saturated carbocycles. The molecule has 148 valence electrons. The lowest BCUT2D eigenvalue weighted by Gasteiger charge is -2.22. The minimum absolute atomic E-state index is 0.0735. The first-order valence-electron chi connectivity index (χ1n) is 9.32. The van der Waals surface area contributed by atoms with Crippen LogP contribution < -0.4 is 10.1 Å². The van der Waals surface area contributed by atoms with Gasteiger partial charge >= 0.3 is 0 Å². The van der Waals surface area contributed by atoms with Gasteiger partial charge in [0.2, 0.25) is 0 Å². The van der Waals surface area contributed by atoms with Crippen molar-refractivity contribution < 1.29 is 13.7 Å². The normalized spacial score (nSPS) is 16.2. The van der Waals surface area contributed by atoms with Gasteiger partial charge in [-0.3, -0.25) is 14.3 Å². The number of aromatic amines is 1. The second kappa shape index (κ2) is 7.89. The Kier molecular flexibility index (Phi) is 5.32. The van der Waals surface area contributed by atoms with Crippen LogP contribution in [0.3, 0.4) is 0 Å². The molecular weight excluding hydrogens is 376 g/mol. The number of nitrogens with one attached hydrogen (secondary N) is 2. The van der Waals surface area contributed by atoms with E-state index in [9.17, 15) is 4.21 Å². The predicted octanol–water partition coefficient (Wildman–Crippen LogP) is 3.61. The highest BCUT2D eigenvalue weighted by molar-refractivity contribution is 7.85. The lowest BCUT2D eigenvalue weighted by molar-refractivity contribution is 0.0992. The molecule has 0 amide bonds. The molecule has 7 nitrogen and oxygen atoms in total. The topological polar surface area (TPSA) is 89.1 Å². The summed E-state index contributed by atoms with van der Waals surface area (Å²) in [6, 6.07) is 5.69. The lowest BCUT2D eigenvalue weighted by atomic mass is 10.1. The molecule has 8 heteroatoms. The fraction of sp³-hybridized carbons (Fsp3) is 0.400. The number of hydrogen-bond donors (Lipinski definition) is 2. The van der Waals surface area contributed by atoms with Gasteiger partial charge in [-0.15, -0.1) is 0 Å². The van der Waals surface area contributed by atoms with Gasteiger partial charge in [0.1, 0.15) is 5.75 Å². The highest BCUT2D eigenvalue weighted by Crippen LogP contribution is 2.35. The summed E-state index contributed by atoms with van der Waals surface area (Å²) in [6.07, 6.45) is 3.32. The van der Waals surface area contributed by atoms with Gasteiger partial charge in [-0.25, -0.2) is 0 Å². The van der Waals surface area contributed by atoms with Gasteiger partial charge < -0.3 is 14.8 Å². The summed E-state index contributed by atoms with van der Waals surface area (Å²) in [5, 5.41) is 11.7. The number of aromatic nitrogens is 3. The molecule has 3 aromatic rings. The summed E-state index contributed by atoms with van der Waals surface area (Å²) in [7, 11) is 0.426. The Morgan fingerprint density at radius 1 is 1.29 bits per heavy atom. The molecule has 1 aliphatic heterocycles. The van der Waals surface area contributed by atoms with Crippen LogP contribution in [0, 0.1) is 13.8 Å². The molecule has 1 fully saturated rings. The van der Waals surface area contributed by atoms with E-state index in [2.05, 4.69) is 20.5 Å². The molecule has 0 radical (unpaired) electrons. The van der Waals surface area contributed by atoms with Crippen molar-refractivity contribution in [1.82, 2.24) is 15.2 Å². The van der Waals surface area contributed by atoms with Gasteiger partial charge in [-0.2, -0.15) is 5.10 Å². The van der Waals surface area contributed by atoms with Crippen molar-refractivity contribution in [3.63, 3.8) is 0 Å². The zero-order chi connectivity index (χ0) is 19.7. The molecule has 1 aliphatic rings. The minimum atomic E-state index is -1.17. The number of fused-ring (bicyclic) bond motifs is 1. The predicted molar refractivity (Wildman–Crippen MR) is 110 cm³/mol. The Bertz CT molecular complexity index is 1030. The van der Waals surface area contributed by atoms with Gasteiger partial charge in [0.25, 0.3) is 0 Å². The Balaban J connectivity index is 1.77. The summed E-state index contributed by atoms with van der Waals surface area (Å²) in [6.45, 7) is 5.30. The molecular formula is C20H24N4O3S. The number of ether oxygens (including phenoxy) is 2. The molecule has 2 aromatic heterocycles. The van der Waals surface area contributed by atoms with E-state index in [-0.39, 0.29) is 5.25 Å². The number of nitrogens with zero attached hydrogens (tertiary/aromatic N) is 2. The number of aryl methyl sites for hydroxylation is 1. The first-order valence-corrected chi connectivity index (χ1v) is 10.5. The van der Waals surface area contributed by atoms with Gasteiger partial charge in [0.05, 0.1) is 34.0 Å². The minimum Gasteiger partial charge on any atom is -0.495 e. The number of benzene rings is 1. The Labute approximate surface area is 166 Å². The van der Waals surface area contributed by atoms with E-state index in [1.165, 1.54) is 0 Å². The summed E-state index contributed by atoms with van der Waals surface area (Å²) in [4.78, 5) is 5.17. The van der Waals surface area contributed by atoms with Crippen LogP contribution in [0.1, 0.15) is 24.1 Å². The maximum Gasteiger partial charge on any atom is 0.155 e. The van der Waals surface area contributed by atoms with E-state index in [0.717, 1.165) is 46.5 Å². The smallest absolute Gasteiger partial charge is 0.155 e. The van der Waals surface area contributed by atoms with Crippen molar-refractivity contribution in [2.24, 2.45) is 0 Å². The second-order valence-electron chi connectivity index (χ2n) is 6.94. The van der Waals surface area contributed by atoms with Gasteiger partial charge in [0, 0.05) is 47.4 Å². The highest BCUT2D eigenvalue weighted by Gasteiger charge is 2.25. The summed E-state index contributed by atoms with van der Waals surface area (Å²) in [5.74, 6) is 1.38. The average molecular weight is 401 g/mol. The molecule has 2 N–H and O–H groups in total. The fourth-order valence-electron chi connectivity index (χ4n) is 3.38. The van der Waals surface area contributed by atoms with E-state index < -0.39 is 10.8 Å². The molecule has 3 heterocycles. The number of pyridine rings is 1. The molecule has 1 atom stereocenters. The lowest BCUT2D eigenvalue weighted by Crippen LogP contribution is -2.25. The Morgan fingerprint density at radius 3 is 2.75 bits per heavy atom. The van der Waals surface area contributed by atoms with Gasteiger partial charge in [-0.05, 0) is 38.8 Å². The first-order chi connectivity index (χ1) is 13.6. The van der Waals surface area contributed by atoms with Crippen molar-refractivity contribution in [3.05, 3.63) is 35.7 Å². The van der Waals surface area contributed by atoms with E-state index in [1.54, 1.807) is 13.3 Å². The van der Waals surface area contributed by atoms with Crippen molar-refractivity contribution in [2.75, 3.05) is 25.6 Å². The molecule has 0 aliphatic carbocycles. The second-order valence-corrected chi connectivity index (χ2v) is 8.64. The number of methoxy groups -OCH3 is 1. The van der Waals surface area contributed by atoms with Gasteiger partial charge in [-0.1, -0.05) is 0 Å². The Hall–Kier alpha value is -2.45. The van der Waals surface area contributed by atoms with Crippen LogP contribution in [-0.4, -0.2) is 45.0 Å². The molecule has 0 bridgehead atoms. The SMILES string of the molecule is COc1cc2nccc(Nc3n[nH]c(C)c3C)c2cc1S(=O)C1CCOCC1. The summed E-state index contributed by atoms with van der Waals surface area (Å²) >= 11 is 0. The third kappa shape index (κ3) is 3.49. The maximum atomic E-state index is 13.3. The molecule has 1 aromatic carbocycles. The van der Waals surface area contributed by atoms with Crippen LogP contribution in [0.4, 0.5) is 11.5 Å². The van der Waals surface area contributed by atoms with Crippen LogP contribution in [0.15, 0.2) is 29.3 Å². The first kappa shape index (κ1) is 18.9. The van der Waals surface area contributed by atoms with Crippen LogP contribution in [0.5, 0.6) is 5.75 Å². The van der Waals surface area contributed by atoms with Crippen molar-refractivity contribution in [2.45, 2.75) is 36.8 Å². The maximum absolute atomic E-state index is 13.3. The zero-order valence-electron chi connectivity index (χ0n) is 16.2. The molecule has 1 saturated heterocycles. The zero-order valence-corrected chi connectivity index (χ0v) is 17.1. The summed E-state index contributed by atoms with van der Waals surface area (Å²) in [5.41, 5.74) is 3.72. The molecule has 1 unspecified atom stereocenters. The number of hydrogen-bond acceptors (Lipinski definition) is 6. The van der Waals surface area contributed by atoms with Crippen LogP contribution in [0.2, 0.25) is 0 Å². The molecule has 28 heavy (non-hydrogen) atoms. The summed E-state index contributed by atoms with van der Waals surface area (Å²) < 4.78 is 24.2. The van der Waals surface area contributed by atoms with E-state index in [1.807, 2.05) is 32.0 Å². The van der Waals surface area contributed by atoms with E-state index in [0.29, 0.717) is 23.9 Å².